The Morgan fingerprint density at radius 3 is 1.95 bits per heavy atom. The Morgan fingerprint density at radius 1 is 0.738 bits per heavy atom. The second kappa shape index (κ2) is 22.2. The lowest BCUT2D eigenvalue weighted by molar-refractivity contribution is -0.136. The van der Waals surface area contributed by atoms with Gasteiger partial charge in [-0.1, -0.05) is 93.7 Å². The molecule has 0 atom stereocenters. The van der Waals surface area contributed by atoms with Crippen LogP contribution in [0.4, 0.5) is 0 Å². The van der Waals surface area contributed by atoms with E-state index in [-0.39, 0.29) is 27.0 Å². The van der Waals surface area contributed by atoms with Crippen LogP contribution in [0.2, 0.25) is 0 Å². The molecule has 8 rings (SSSR count). The fourth-order valence-corrected chi connectivity index (χ4v) is 6.80. The Hall–Kier alpha value is -6.50. The van der Waals surface area contributed by atoms with Crippen LogP contribution in [0.5, 0.6) is 0 Å². The molecule has 0 radical (unpaired) electrons. The largest absolute Gasteiger partial charge is 0.462 e. The first-order chi connectivity index (χ1) is 28.9. The molecule has 6 aromatic rings. The number of carbonyl (C=O) groups excluding carboxylic acids is 1. The van der Waals surface area contributed by atoms with E-state index >= 15 is 0 Å². The topological polar surface area (TPSA) is 114 Å². The second-order valence-electron chi connectivity index (χ2n) is 13.7. The molecule has 5 heterocycles. The molecular weight excluding hydrogens is 769 g/mol. The molecule has 11 heteroatoms. The van der Waals surface area contributed by atoms with E-state index in [1.807, 2.05) is 159 Å². The molecule has 2 aliphatic rings. The van der Waals surface area contributed by atoms with Crippen molar-refractivity contribution in [2.24, 2.45) is 0 Å². The van der Waals surface area contributed by atoms with Crippen LogP contribution in [-0.2, 0) is 28.5 Å². The maximum atomic E-state index is 13.6. The van der Waals surface area contributed by atoms with Gasteiger partial charge in [0.15, 0.2) is 12.6 Å². The molecule has 0 unspecified atom stereocenters. The Balaban J connectivity index is 0.000000224. The highest BCUT2D eigenvalue weighted by Crippen LogP contribution is 2.34. The van der Waals surface area contributed by atoms with Crippen molar-refractivity contribution >= 4 is 17.1 Å². The first-order valence-electron chi connectivity index (χ1n) is 19.5. The van der Waals surface area contributed by atoms with Crippen molar-refractivity contribution in [2.45, 2.75) is 34.4 Å². The van der Waals surface area contributed by atoms with Crippen molar-refractivity contribution in [2.75, 3.05) is 47.1 Å². The summed E-state index contributed by atoms with van der Waals surface area (Å²) in [5.74, 6) is -0.404. The van der Waals surface area contributed by atoms with Gasteiger partial charge in [-0.3, -0.25) is 19.3 Å². The quantitative estimate of drug-likeness (QED) is 0.0711. The number of ether oxygens (including phenoxy) is 5. The first-order valence-corrected chi connectivity index (χ1v) is 19.5. The zero-order valence-corrected chi connectivity index (χ0v) is 33.3. The molecule has 0 saturated carbocycles. The first kappa shape index (κ1) is 45.6. The number of aromatic nitrogens is 3. The number of carbonyl (C=O) groups is 1. The molecule has 2 fully saturated rings. The Labute approximate surface area is 358 Å². The van der Waals surface area contributed by atoms with Crippen LogP contribution in [0.25, 0.3) is 39.2 Å². The van der Waals surface area contributed by atoms with Crippen LogP contribution < -0.4 is 5.56 Å². The summed E-state index contributed by atoms with van der Waals surface area (Å²) >= 11 is 0. The average molecular weight is 823 g/mol. The monoisotopic (exact) mass is 822 g/mol. The maximum absolute atomic E-state index is 13.6. The third kappa shape index (κ3) is 11.2. The zero-order valence-electron chi connectivity index (χ0n) is 33.3. The number of benzene rings is 3. The van der Waals surface area contributed by atoms with Crippen molar-refractivity contribution in [1.82, 2.24) is 19.4 Å². The predicted octanol–water partition coefficient (Wildman–Crippen LogP) is 9.56. The van der Waals surface area contributed by atoms with E-state index in [4.69, 9.17) is 23.7 Å². The van der Waals surface area contributed by atoms with E-state index in [2.05, 4.69) is 9.97 Å². The summed E-state index contributed by atoms with van der Waals surface area (Å²) < 4.78 is 29.9. The van der Waals surface area contributed by atoms with Gasteiger partial charge >= 0.3 is 5.97 Å². The summed E-state index contributed by atoms with van der Waals surface area (Å²) in [7, 11) is 3.85. The minimum absolute atomic E-state index is 0. The zero-order chi connectivity index (χ0) is 41.0. The minimum Gasteiger partial charge on any atom is -0.462 e. The van der Waals surface area contributed by atoms with Gasteiger partial charge in [-0.25, -0.2) is 4.79 Å². The van der Waals surface area contributed by atoms with Gasteiger partial charge in [-0.15, -0.1) is 0 Å². The lowest BCUT2D eigenvalue weighted by Gasteiger charge is -2.17. The van der Waals surface area contributed by atoms with Gasteiger partial charge in [-0.05, 0) is 66.6 Å². The SMILES string of the molecule is C.C.CCOC(=O)/C(=C\C(=C\N(C)C)c1ccccn1)c1ccccc1C1OCCO1.O=c1c(-c2ccccc2C2OCCO2)cc(-c2ccccn2)cn1-c1ccccc1. The van der Waals surface area contributed by atoms with Crippen LogP contribution in [0.15, 0.2) is 157 Å². The van der Waals surface area contributed by atoms with Crippen molar-refractivity contribution in [3.63, 3.8) is 0 Å². The second-order valence-corrected chi connectivity index (χ2v) is 13.7. The van der Waals surface area contributed by atoms with E-state index in [1.54, 1.807) is 23.9 Å². The van der Waals surface area contributed by atoms with E-state index < -0.39 is 18.5 Å². The highest BCUT2D eigenvalue weighted by Gasteiger charge is 2.26. The third-order valence-corrected chi connectivity index (χ3v) is 9.42. The summed E-state index contributed by atoms with van der Waals surface area (Å²) in [4.78, 5) is 37.4. The van der Waals surface area contributed by atoms with Gasteiger partial charge < -0.3 is 28.6 Å². The smallest absolute Gasteiger partial charge is 0.338 e. The molecular formula is C50H54N4O7. The van der Waals surface area contributed by atoms with Gasteiger partial charge in [0.1, 0.15) is 0 Å². The van der Waals surface area contributed by atoms with Crippen LogP contribution in [0.3, 0.4) is 0 Å². The van der Waals surface area contributed by atoms with Crippen molar-refractivity contribution in [3.05, 3.63) is 185 Å². The van der Waals surface area contributed by atoms with E-state index in [0.717, 1.165) is 50.5 Å². The van der Waals surface area contributed by atoms with Crippen molar-refractivity contribution < 1.29 is 28.5 Å². The highest BCUT2D eigenvalue weighted by atomic mass is 16.7. The number of esters is 1. The molecule has 61 heavy (non-hydrogen) atoms. The van der Waals surface area contributed by atoms with Crippen LogP contribution in [0, 0.1) is 0 Å². The molecule has 2 saturated heterocycles. The fraction of sp³-hybridized carbons (Fsp3) is 0.240. The standard InChI is InChI=1S/C25H20N2O3.C23H26N2O4.2CH4/c28-24-22(20-10-4-5-11-21(20)25-29-14-15-30-25)16-18(23-12-6-7-13-26-23)17-27(24)19-8-2-1-3-9-19;1-4-27-22(26)20(15-17(16-25(2)3)21-11-7-8-12-24-21)18-9-5-6-10-19(18)23-28-13-14-29-23;;/h1-13,16-17,25H,14-15H2;5-12,15-16,23H,4,13-14H2,1-3H3;2*1H4/b;17-16-,20-15-;;. The summed E-state index contributed by atoms with van der Waals surface area (Å²) in [6.45, 7) is 4.21. The van der Waals surface area contributed by atoms with Gasteiger partial charge in [0.2, 0.25) is 0 Å². The number of hydrogen-bond donors (Lipinski definition) is 0. The molecule has 0 spiro atoms. The van der Waals surface area contributed by atoms with Gasteiger partial charge in [0.25, 0.3) is 5.56 Å². The lowest BCUT2D eigenvalue weighted by Crippen LogP contribution is -2.20. The Morgan fingerprint density at radius 2 is 1.33 bits per heavy atom. The molecule has 0 N–H and O–H groups in total. The number of pyridine rings is 3. The summed E-state index contributed by atoms with van der Waals surface area (Å²) in [6.07, 6.45) is 8.09. The number of nitrogens with zero attached hydrogens (tertiary/aromatic N) is 4. The van der Waals surface area contributed by atoms with Crippen LogP contribution in [-0.4, -0.2) is 72.5 Å². The molecule has 2 aliphatic heterocycles. The Bertz CT molecular complexity index is 2440. The van der Waals surface area contributed by atoms with Gasteiger partial charge in [0.05, 0.1) is 50.0 Å². The van der Waals surface area contributed by atoms with Crippen LogP contribution >= 0.6 is 0 Å². The number of hydrogen-bond acceptors (Lipinski definition) is 10. The van der Waals surface area contributed by atoms with Crippen molar-refractivity contribution in [3.8, 4) is 28.1 Å². The lowest BCUT2D eigenvalue weighted by atomic mass is 9.96. The minimum atomic E-state index is -0.500. The van der Waals surface area contributed by atoms with Crippen LogP contribution in [0.1, 0.15) is 56.7 Å². The van der Waals surface area contributed by atoms with E-state index in [1.165, 1.54) is 0 Å². The normalized spacial score (nSPS) is 14.3. The predicted molar refractivity (Wildman–Crippen MR) is 240 cm³/mol. The van der Waals surface area contributed by atoms with E-state index in [9.17, 15) is 9.59 Å². The third-order valence-electron chi connectivity index (χ3n) is 9.42. The number of rotatable bonds is 11. The fourth-order valence-electron chi connectivity index (χ4n) is 6.80. The van der Waals surface area contributed by atoms with Gasteiger partial charge in [0, 0.05) is 72.4 Å². The average Bonchev–Trinajstić information content (AvgIpc) is 4.03. The molecule has 3 aromatic heterocycles. The molecule has 3 aromatic carbocycles. The molecule has 0 amide bonds. The summed E-state index contributed by atoms with van der Waals surface area (Å²) in [6, 6.07) is 38.3. The van der Waals surface area contributed by atoms with Gasteiger partial charge in [-0.2, -0.15) is 0 Å². The maximum Gasteiger partial charge on any atom is 0.338 e. The summed E-state index contributed by atoms with van der Waals surface area (Å²) in [5.41, 5.74) is 8.09. The molecule has 11 nitrogen and oxygen atoms in total. The highest BCUT2D eigenvalue weighted by molar-refractivity contribution is 6.19. The number of allylic oxidation sites excluding steroid dienone is 2. The summed E-state index contributed by atoms with van der Waals surface area (Å²) in [5, 5.41) is 0. The molecule has 316 valence electrons. The molecule has 0 bridgehead atoms. The Kier molecular flexibility index (Phi) is 16.6. The molecule has 0 aliphatic carbocycles. The number of para-hydroxylation sites is 1. The van der Waals surface area contributed by atoms with Crippen molar-refractivity contribution in [1.29, 1.82) is 0 Å². The van der Waals surface area contributed by atoms with E-state index in [0.29, 0.717) is 37.6 Å².